The first-order valence-electron chi connectivity index (χ1n) is 5.18. The van der Waals surface area contributed by atoms with Crippen molar-refractivity contribution in [2.24, 2.45) is 10.8 Å². The van der Waals surface area contributed by atoms with Gasteiger partial charge in [0.2, 0.25) is 0 Å². The van der Waals surface area contributed by atoms with E-state index < -0.39 is 0 Å². The molecule has 0 radical (unpaired) electrons. The van der Waals surface area contributed by atoms with Gasteiger partial charge in [0.15, 0.2) is 0 Å². The van der Waals surface area contributed by atoms with E-state index in [9.17, 15) is 5.11 Å². The van der Waals surface area contributed by atoms with Crippen molar-refractivity contribution in [1.82, 2.24) is 0 Å². The van der Waals surface area contributed by atoms with E-state index in [2.05, 4.69) is 27.7 Å². The number of aliphatic hydroxyl groups excluding tert-OH is 1. The minimum atomic E-state index is -0.0914. The molecule has 0 spiro atoms. The Labute approximate surface area is 76.2 Å². The molecule has 0 aromatic heterocycles. The molecule has 72 valence electrons. The fourth-order valence-corrected chi connectivity index (χ4v) is 2.85. The van der Waals surface area contributed by atoms with E-state index in [4.69, 9.17) is 0 Å². The molecule has 1 heteroatoms. The van der Waals surface area contributed by atoms with Crippen molar-refractivity contribution in [3.8, 4) is 0 Å². The lowest BCUT2D eigenvalue weighted by Gasteiger charge is -2.58. The summed E-state index contributed by atoms with van der Waals surface area (Å²) < 4.78 is 0. The van der Waals surface area contributed by atoms with Crippen LogP contribution in [0.3, 0.4) is 0 Å². The average molecular weight is 170 g/mol. The highest BCUT2D eigenvalue weighted by atomic mass is 16.3. The van der Waals surface area contributed by atoms with Gasteiger partial charge in [-0.15, -0.1) is 0 Å². The zero-order valence-electron chi connectivity index (χ0n) is 8.85. The third kappa shape index (κ3) is 1.10. The summed E-state index contributed by atoms with van der Waals surface area (Å²) >= 11 is 0. The van der Waals surface area contributed by atoms with Crippen molar-refractivity contribution in [2.75, 3.05) is 0 Å². The summed E-state index contributed by atoms with van der Waals surface area (Å²) in [6.45, 7) is 8.87. The lowest BCUT2D eigenvalue weighted by molar-refractivity contribution is -0.143. The minimum absolute atomic E-state index is 0.0914. The van der Waals surface area contributed by atoms with E-state index in [0.717, 1.165) is 12.8 Å². The van der Waals surface area contributed by atoms with Crippen LogP contribution in [0, 0.1) is 10.8 Å². The van der Waals surface area contributed by atoms with Gasteiger partial charge >= 0.3 is 0 Å². The molecule has 0 amide bonds. The molecule has 1 rings (SSSR count). The lowest BCUT2D eigenvalue weighted by Crippen LogP contribution is -2.54. The van der Waals surface area contributed by atoms with Crippen molar-refractivity contribution in [2.45, 2.75) is 59.5 Å². The summed E-state index contributed by atoms with van der Waals surface area (Å²) in [7, 11) is 0. The van der Waals surface area contributed by atoms with Crippen LogP contribution < -0.4 is 0 Å². The van der Waals surface area contributed by atoms with Crippen LogP contribution in [0.4, 0.5) is 0 Å². The molecule has 12 heavy (non-hydrogen) atoms. The molecule has 2 atom stereocenters. The predicted octanol–water partition coefficient (Wildman–Crippen LogP) is 2.97. The topological polar surface area (TPSA) is 20.2 Å². The maximum atomic E-state index is 9.96. The fraction of sp³-hybridized carbons (Fsp3) is 1.00. The molecular formula is C11H22O. The van der Waals surface area contributed by atoms with E-state index >= 15 is 0 Å². The van der Waals surface area contributed by atoms with Crippen LogP contribution in [0.1, 0.15) is 53.4 Å². The van der Waals surface area contributed by atoms with E-state index in [0.29, 0.717) is 5.41 Å². The van der Waals surface area contributed by atoms with E-state index in [-0.39, 0.29) is 11.5 Å². The van der Waals surface area contributed by atoms with Crippen LogP contribution in [0.15, 0.2) is 0 Å². The van der Waals surface area contributed by atoms with Crippen molar-refractivity contribution in [3.63, 3.8) is 0 Å². The zero-order valence-corrected chi connectivity index (χ0v) is 8.85. The first-order chi connectivity index (χ1) is 5.50. The molecule has 0 heterocycles. The lowest BCUT2D eigenvalue weighted by atomic mass is 9.47. The third-order valence-corrected chi connectivity index (χ3v) is 4.20. The van der Waals surface area contributed by atoms with Crippen molar-refractivity contribution in [1.29, 1.82) is 0 Å². The largest absolute Gasteiger partial charge is 0.393 e. The van der Waals surface area contributed by atoms with Gasteiger partial charge in [0.1, 0.15) is 0 Å². The van der Waals surface area contributed by atoms with Crippen molar-refractivity contribution >= 4 is 0 Å². The smallest absolute Gasteiger partial charge is 0.0598 e. The molecule has 0 saturated heterocycles. The highest BCUT2D eigenvalue weighted by molar-refractivity contribution is 5.04. The molecule has 0 aliphatic heterocycles. The molecule has 0 bridgehead atoms. The molecule has 1 N–H and O–H groups in total. The average Bonchev–Trinajstić information content (AvgIpc) is 2.04. The summed E-state index contributed by atoms with van der Waals surface area (Å²) in [5.41, 5.74) is 0.582. The van der Waals surface area contributed by atoms with Crippen LogP contribution in [-0.2, 0) is 0 Å². The van der Waals surface area contributed by atoms with Gasteiger partial charge in [-0.2, -0.15) is 0 Å². The molecular weight excluding hydrogens is 148 g/mol. The monoisotopic (exact) mass is 170 g/mol. The summed E-state index contributed by atoms with van der Waals surface area (Å²) in [6.07, 6.45) is 4.42. The highest BCUT2D eigenvalue weighted by Gasteiger charge is 2.54. The molecule has 1 aliphatic carbocycles. The van der Waals surface area contributed by atoms with Gasteiger partial charge in [-0.05, 0) is 31.1 Å². The first-order valence-corrected chi connectivity index (χ1v) is 5.18. The number of hydrogen-bond donors (Lipinski definition) is 1. The van der Waals surface area contributed by atoms with Crippen molar-refractivity contribution < 1.29 is 5.11 Å². The Hall–Kier alpha value is -0.0400. The molecule has 1 saturated carbocycles. The molecule has 1 fully saturated rings. The SMILES string of the molecule is CCC(O)C1(CC)CCC1(C)C. The van der Waals surface area contributed by atoms with E-state index in [1.54, 1.807) is 0 Å². The Morgan fingerprint density at radius 1 is 1.25 bits per heavy atom. The maximum Gasteiger partial charge on any atom is 0.0598 e. The Morgan fingerprint density at radius 2 is 1.83 bits per heavy atom. The highest BCUT2D eigenvalue weighted by Crippen LogP contribution is 2.60. The van der Waals surface area contributed by atoms with E-state index in [1.807, 2.05) is 0 Å². The van der Waals surface area contributed by atoms with Crippen LogP contribution in [0.2, 0.25) is 0 Å². The summed E-state index contributed by atoms with van der Waals surface area (Å²) in [6, 6.07) is 0. The van der Waals surface area contributed by atoms with Crippen LogP contribution >= 0.6 is 0 Å². The first kappa shape index (κ1) is 10.0. The Kier molecular flexibility index (Phi) is 2.53. The number of aliphatic hydroxyl groups is 1. The second-order valence-corrected chi connectivity index (χ2v) is 4.82. The quantitative estimate of drug-likeness (QED) is 0.690. The van der Waals surface area contributed by atoms with Gasteiger partial charge < -0.3 is 5.11 Å². The molecule has 0 aromatic rings. The third-order valence-electron chi connectivity index (χ3n) is 4.20. The molecule has 0 aromatic carbocycles. The fourth-order valence-electron chi connectivity index (χ4n) is 2.85. The Balaban J connectivity index is 2.77. The van der Waals surface area contributed by atoms with Gasteiger partial charge in [-0.1, -0.05) is 27.7 Å². The normalized spacial score (nSPS) is 35.8. The van der Waals surface area contributed by atoms with Crippen molar-refractivity contribution in [3.05, 3.63) is 0 Å². The van der Waals surface area contributed by atoms with Crippen LogP contribution in [-0.4, -0.2) is 11.2 Å². The molecule has 1 aliphatic rings. The summed E-state index contributed by atoms with van der Waals surface area (Å²) in [5, 5.41) is 9.96. The van der Waals surface area contributed by atoms with Crippen LogP contribution in [0.25, 0.3) is 0 Å². The number of hydrogen-bond acceptors (Lipinski definition) is 1. The number of rotatable bonds is 3. The summed E-state index contributed by atoms with van der Waals surface area (Å²) in [4.78, 5) is 0. The van der Waals surface area contributed by atoms with Gasteiger partial charge in [-0.25, -0.2) is 0 Å². The predicted molar refractivity (Wildman–Crippen MR) is 52.0 cm³/mol. The van der Waals surface area contributed by atoms with Gasteiger partial charge in [0, 0.05) is 5.41 Å². The van der Waals surface area contributed by atoms with Crippen LogP contribution in [0.5, 0.6) is 0 Å². The van der Waals surface area contributed by atoms with E-state index in [1.165, 1.54) is 12.8 Å². The molecule has 2 unspecified atom stereocenters. The maximum absolute atomic E-state index is 9.96. The Bertz CT molecular complexity index is 158. The zero-order chi connectivity index (χ0) is 9.41. The van der Waals surface area contributed by atoms with Gasteiger partial charge in [-0.3, -0.25) is 0 Å². The Morgan fingerprint density at radius 3 is 1.92 bits per heavy atom. The molecule has 1 nitrogen and oxygen atoms in total. The second-order valence-electron chi connectivity index (χ2n) is 4.82. The minimum Gasteiger partial charge on any atom is -0.393 e. The van der Waals surface area contributed by atoms with Gasteiger partial charge in [0.05, 0.1) is 6.10 Å². The summed E-state index contributed by atoms with van der Waals surface area (Å²) in [5.74, 6) is 0. The standard InChI is InChI=1S/C11H22O/c1-5-9(12)11(6-2)8-7-10(11,3)4/h9,12H,5-8H2,1-4H3. The van der Waals surface area contributed by atoms with Gasteiger partial charge in [0.25, 0.3) is 0 Å². The second kappa shape index (κ2) is 3.02.